The maximum Gasteiger partial charge on any atom is 0.00952 e. The van der Waals surface area contributed by atoms with E-state index in [2.05, 4.69) is 18.7 Å². The summed E-state index contributed by atoms with van der Waals surface area (Å²) < 4.78 is 0. The minimum absolute atomic E-state index is 0.479. The first-order valence-electron chi connectivity index (χ1n) is 9.59. The molecule has 2 aliphatic rings. The molecule has 0 saturated heterocycles. The Kier molecular flexibility index (Phi) is 7.01. The van der Waals surface area contributed by atoms with Crippen LogP contribution in [0.5, 0.6) is 0 Å². The molecule has 0 amide bonds. The van der Waals surface area contributed by atoms with Gasteiger partial charge < -0.3 is 10.6 Å². The van der Waals surface area contributed by atoms with Crippen LogP contribution in [0.3, 0.4) is 0 Å². The Morgan fingerprint density at radius 1 is 1.00 bits per heavy atom. The predicted octanol–water partition coefficient (Wildman–Crippen LogP) is 4.58. The average Bonchev–Trinajstić information content (AvgIpc) is 3.02. The summed E-state index contributed by atoms with van der Waals surface area (Å²) in [5.74, 6) is 0.826. The second-order valence-corrected chi connectivity index (χ2v) is 8.17. The van der Waals surface area contributed by atoms with Crippen LogP contribution in [0.2, 0.25) is 0 Å². The van der Waals surface area contributed by atoms with Gasteiger partial charge in [0, 0.05) is 6.04 Å². The summed E-state index contributed by atoms with van der Waals surface area (Å²) >= 11 is 0. The minimum Gasteiger partial charge on any atom is -0.330 e. The highest BCUT2D eigenvalue weighted by molar-refractivity contribution is 4.86. The molecule has 2 N–H and O–H groups in total. The lowest BCUT2D eigenvalue weighted by Gasteiger charge is -2.39. The fourth-order valence-electron chi connectivity index (χ4n) is 4.41. The van der Waals surface area contributed by atoms with Crippen LogP contribution in [-0.2, 0) is 0 Å². The van der Waals surface area contributed by atoms with Gasteiger partial charge in [-0.2, -0.15) is 0 Å². The van der Waals surface area contributed by atoms with Gasteiger partial charge >= 0.3 is 0 Å². The van der Waals surface area contributed by atoms with Crippen molar-refractivity contribution in [3.63, 3.8) is 0 Å². The lowest BCUT2D eigenvalue weighted by Crippen LogP contribution is -2.41. The van der Waals surface area contributed by atoms with Crippen LogP contribution >= 0.6 is 0 Å². The summed E-state index contributed by atoms with van der Waals surface area (Å²) in [5.41, 5.74) is 6.66. The van der Waals surface area contributed by atoms with Gasteiger partial charge in [0.25, 0.3) is 0 Å². The molecule has 2 heteroatoms. The van der Waals surface area contributed by atoms with Crippen molar-refractivity contribution in [1.82, 2.24) is 4.90 Å². The van der Waals surface area contributed by atoms with Gasteiger partial charge in [-0.25, -0.2) is 0 Å². The molecule has 0 spiro atoms. The van der Waals surface area contributed by atoms with Crippen LogP contribution in [0, 0.1) is 11.3 Å². The molecule has 0 aliphatic heterocycles. The Bertz CT molecular complexity index is 275. The number of rotatable bonds is 8. The van der Waals surface area contributed by atoms with E-state index in [0.717, 1.165) is 18.5 Å². The van der Waals surface area contributed by atoms with Crippen molar-refractivity contribution < 1.29 is 0 Å². The van der Waals surface area contributed by atoms with Gasteiger partial charge in [0.15, 0.2) is 0 Å². The highest BCUT2D eigenvalue weighted by atomic mass is 15.2. The Hall–Kier alpha value is -0.0800. The Morgan fingerprint density at radius 3 is 2.24 bits per heavy atom. The van der Waals surface area contributed by atoms with Gasteiger partial charge in [0.05, 0.1) is 0 Å². The van der Waals surface area contributed by atoms with Gasteiger partial charge in [-0.05, 0) is 69.5 Å². The smallest absolute Gasteiger partial charge is 0.00952 e. The van der Waals surface area contributed by atoms with Gasteiger partial charge in [0.2, 0.25) is 0 Å². The van der Waals surface area contributed by atoms with E-state index in [0.29, 0.717) is 5.41 Å². The first kappa shape index (κ1) is 17.3. The average molecular weight is 295 g/mol. The summed E-state index contributed by atoms with van der Waals surface area (Å²) in [6.07, 6.45) is 15.5. The molecule has 0 aromatic rings. The van der Waals surface area contributed by atoms with E-state index in [-0.39, 0.29) is 0 Å². The highest BCUT2D eigenvalue weighted by Gasteiger charge is 2.32. The molecule has 2 nitrogen and oxygen atoms in total. The van der Waals surface area contributed by atoms with E-state index in [1.165, 1.54) is 83.7 Å². The van der Waals surface area contributed by atoms with E-state index in [1.807, 2.05) is 0 Å². The fraction of sp³-hybridized carbons (Fsp3) is 1.00. The van der Waals surface area contributed by atoms with Crippen LogP contribution in [-0.4, -0.2) is 30.6 Å². The van der Waals surface area contributed by atoms with Crippen molar-refractivity contribution in [3.8, 4) is 0 Å². The Balaban J connectivity index is 1.87. The van der Waals surface area contributed by atoms with E-state index in [1.54, 1.807) is 0 Å². The predicted molar refractivity (Wildman–Crippen MR) is 92.5 cm³/mol. The molecule has 0 heterocycles. The molecule has 2 rings (SSSR count). The number of hydrogen-bond acceptors (Lipinski definition) is 2. The summed E-state index contributed by atoms with van der Waals surface area (Å²) in [6, 6.07) is 0.877. The number of nitrogens with zero attached hydrogens (tertiary/aromatic N) is 1. The molecule has 0 unspecified atom stereocenters. The standard InChI is InChI=1S/C19H38N2/c1-17(2)10-14-21(18-8-4-5-9-18)15-13-19(16-20)11-6-3-7-12-19/h17-18H,3-16,20H2,1-2H3. The van der Waals surface area contributed by atoms with Crippen LogP contribution in [0.15, 0.2) is 0 Å². The molecular weight excluding hydrogens is 256 g/mol. The summed E-state index contributed by atoms with van der Waals surface area (Å²) in [6.45, 7) is 8.23. The van der Waals surface area contributed by atoms with Crippen molar-refractivity contribution in [2.45, 2.75) is 90.5 Å². The van der Waals surface area contributed by atoms with Crippen molar-refractivity contribution >= 4 is 0 Å². The first-order chi connectivity index (χ1) is 10.2. The zero-order chi connectivity index (χ0) is 15.1. The van der Waals surface area contributed by atoms with Gasteiger partial charge in [-0.3, -0.25) is 0 Å². The monoisotopic (exact) mass is 294 g/mol. The quantitative estimate of drug-likeness (QED) is 0.710. The zero-order valence-corrected chi connectivity index (χ0v) is 14.6. The van der Waals surface area contributed by atoms with Crippen LogP contribution in [0.4, 0.5) is 0 Å². The van der Waals surface area contributed by atoms with Crippen molar-refractivity contribution in [2.75, 3.05) is 19.6 Å². The molecule has 124 valence electrons. The highest BCUT2D eigenvalue weighted by Crippen LogP contribution is 2.39. The molecule has 21 heavy (non-hydrogen) atoms. The molecule has 0 radical (unpaired) electrons. The Morgan fingerprint density at radius 2 is 1.67 bits per heavy atom. The summed E-state index contributed by atoms with van der Waals surface area (Å²) in [4.78, 5) is 2.83. The third kappa shape index (κ3) is 5.25. The molecule has 0 aromatic carbocycles. The normalized spacial score (nSPS) is 23.3. The van der Waals surface area contributed by atoms with E-state index < -0.39 is 0 Å². The molecule has 0 atom stereocenters. The van der Waals surface area contributed by atoms with Crippen molar-refractivity contribution in [3.05, 3.63) is 0 Å². The van der Waals surface area contributed by atoms with E-state index >= 15 is 0 Å². The van der Waals surface area contributed by atoms with Crippen LogP contribution in [0.25, 0.3) is 0 Å². The minimum atomic E-state index is 0.479. The fourth-order valence-corrected chi connectivity index (χ4v) is 4.41. The third-order valence-electron chi connectivity index (χ3n) is 6.11. The number of nitrogens with two attached hydrogens (primary N) is 1. The molecule has 0 bridgehead atoms. The first-order valence-corrected chi connectivity index (χ1v) is 9.59. The number of hydrogen-bond donors (Lipinski definition) is 1. The van der Waals surface area contributed by atoms with Crippen LogP contribution < -0.4 is 5.73 Å². The second kappa shape index (κ2) is 8.53. The van der Waals surface area contributed by atoms with Gasteiger partial charge in [0.1, 0.15) is 0 Å². The summed E-state index contributed by atoms with van der Waals surface area (Å²) in [5, 5.41) is 0. The van der Waals surface area contributed by atoms with E-state index in [9.17, 15) is 0 Å². The maximum absolute atomic E-state index is 6.18. The molecular formula is C19H38N2. The van der Waals surface area contributed by atoms with Gasteiger partial charge in [-0.15, -0.1) is 0 Å². The van der Waals surface area contributed by atoms with Crippen molar-refractivity contribution in [1.29, 1.82) is 0 Å². The maximum atomic E-state index is 6.18. The second-order valence-electron chi connectivity index (χ2n) is 8.17. The molecule has 2 fully saturated rings. The molecule has 0 aromatic heterocycles. The topological polar surface area (TPSA) is 29.3 Å². The molecule has 2 saturated carbocycles. The van der Waals surface area contributed by atoms with Crippen LogP contribution in [0.1, 0.15) is 84.5 Å². The Labute approximate surface area is 132 Å². The lowest BCUT2D eigenvalue weighted by atomic mass is 9.72. The lowest BCUT2D eigenvalue weighted by molar-refractivity contribution is 0.120. The summed E-state index contributed by atoms with van der Waals surface area (Å²) in [7, 11) is 0. The van der Waals surface area contributed by atoms with E-state index in [4.69, 9.17) is 5.73 Å². The molecule has 2 aliphatic carbocycles. The largest absolute Gasteiger partial charge is 0.330 e. The van der Waals surface area contributed by atoms with Crippen molar-refractivity contribution in [2.24, 2.45) is 17.1 Å². The van der Waals surface area contributed by atoms with Gasteiger partial charge in [-0.1, -0.05) is 46.0 Å². The third-order valence-corrected chi connectivity index (χ3v) is 6.11. The zero-order valence-electron chi connectivity index (χ0n) is 14.6. The SMILES string of the molecule is CC(C)CCN(CCC1(CN)CCCCC1)C1CCCC1.